The minimum atomic E-state index is -1.70. The number of carbonyl (C=O) groups is 5. The van der Waals surface area contributed by atoms with Crippen LogP contribution in [-0.4, -0.2) is 48.1 Å². The van der Waals surface area contributed by atoms with Gasteiger partial charge in [0, 0.05) is 26.0 Å². The van der Waals surface area contributed by atoms with Crippen LogP contribution in [0.2, 0.25) is 0 Å². The third-order valence-corrected chi connectivity index (χ3v) is 3.19. The number of ether oxygens (including phenoxy) is 4. The molecule has 2 unspecified atom stereocenters. The van der Waals surface area contributed by atoms with E-state index in [1.54, 1.807) is 0 Å². The standard InChI is InChI=1S/C18H19NO10/c1-9(20)27-12-5-4-11(8-13(12)28-10(2)21)17(24)16(19)18(25)29-15(23)7-6-14(22)26-3/h4-8,16-17,24H,19H2,1-3H3. The molecule has 156 valence electrons. The van der Waals surface area contributed by atoms with Crippen molar-refractivity contribution in [1.82, 2.24) is 0 Å². The van der Waals surface area contributed by atoms with Crippen molar-refractivity contribution in [3.63, 3.8) is 0 Å². The van der Waals surface area contributed by atoms with Gasteiger partial charge >= 0.3 is 29.8 Å². The average molecular weight is 409 g/mol. The van der Waals surface area contributed by atoms with E-state index in [1.165, 1.54) is 12.1 Å². The van der Waals surface area contributed by atoms with Gasteiger partial charge in [0.25, 0.3) is 0 Å². The highest BCUT2D eigenvalue weighted by atomic mass is 16.6. The van der Waals surface area contributed by atoms with Crippen molar-refractivity contribution in [3.8, 4) is 11.5 Å². The third kappa shape index (κ3) is 7.52. The summed E-state index contributed by atoms with van der Waals surface area (Å²) in [4.78, 5) is 56.7. The lowest BCUT2D eigenvalue weighted by Gasteiger charge is -2.18. The Bertz CT molecular complexity index is 845. The highest BCUT2D eigenvalue weighted by Gasteiger charge is 2.28. The fourth-order valence-corrected chi connectivity index (χ4v) is 1.92. The van der Waals surface area contributed by atoms with Gasteiger partial charge in [-0.3, -0.25) is 9.59 Å². The van der Waals surface area contributed by atoms with Crippen molar-refractivity contribution in [2.75, 3.05) is 7.11 Å². The van der Waals surface area contributed by atoms with Crippen molar-refractivity contribution in [2.24, 2.45) is 5.73 Å². The molecule has 1 aromatic carbocycles. The van der Waals surface area contributed by atoms with E-state index in [2.05, 4.69) is 9.47 Å². The van der Waals surface area contributed by atoms with Crippen LogP contribution in [0.15, 0.2) is 30.4 Å². The van der Waals surface area contributed by atoms with Crippen LogP contribution in [0, 0.1) is 0 Å². The number of esters is 5. The summed E-state index contributed by atoms with van der Waals surface area (Å²) in [6, 6.07) is 1.93. The first-order valence-corrected chi connectivity index (χ1v) is 8.01. The van der Waals surface area contributed by atoms with E-state index in [0.29, 0.717) is 6.08 Å². The van der Waals surface area contributed by atoms with Gasteiger partial charge in [0.05, 0.1) is 7.11 Å². The van der Waals surface area contributed by atoms with Crippen LogP contribution in [0.4, 0.5) is 0 Å². The molecule has 0 aliphatic carbocycles. The summed E-state index contributed by atoms with van der Waals surface area (Å²) in [5, 5.41) is 10.3. The first-order valence-electron chi connectivity index (χ1n) is 8.01. The molecule has 11 nitrogen and oxygen atoms in total. The van der Waals surface area contributed by atoms with Crippen molar-refractivity contribution >= 4 is 29.8 Å². The first kappa shape index (κ1) is 23.5. The predicted molar refractivity (Wildman–Crippen MR) is 94.3 cm³/mol. The Morgan fingerprint density at radius 3 is 2.07 bits per heavy atom. The molecule has 0 fully saturated rings. The molecule has 0 saturated heterocycles. The minimum absolute atomic E-state index is 0.0131. The Hall–Kier alpha value is -3.57. The fraction of sp³-hybridized carbons (Fsp3) is 0.278. The smallest absolute Gasteiger partial charge is 0.338 e. The molecule has 3 N–H and O–H groups in total. The zero-order chi connectivity index (χ0) is 22.1. The molecule has 0 amide bonds. The maximum absolute atomic E-state index is 11.9. The number of aliphatic hydroxyl groups is 1. The SMILES string of the molecule is COC(=O)C=CC(=O)OC(=O)C(N)C(O)c1ccc(OC(C)=O)c(OC(C)=O)c1. The second-order valence-electron chi connectivity index (χ2n) is 5.46. The monoisotopic (exact) mass is 409 g/mol. The molecule has 0 aliphatic heterocycles. The highest BCUT2D eigenvalue weighted by molar-refractivity contribution is 5.97. The maximum Gasteiger partial charge on any atom is 0.338 e. The summed E-state index contributed by atoms with van der Waals surface area (Å²) in [7, 11) is 1.09. The van der Waals surface area contributed by atoms with E-state index < -0.39 is 42.0 Å². The zero-order valence-electron chi connectivity index (χ0n) is 15.7. The number of rotatable bonds is 7. The van der Waals surface area contributed by atoms with E-state index in [-0.39, 0.29) is 17.1 Å². The maximum atomic E-state index is 11.9. The van der Waals surface area contributed by atoms with Gasteiger partial charge in [-0.05, 0) is 17.7 Å². The molecule has 29 heavy (non-hydrogen) atoms. The van der Waals surface area contributed by atoms with Gasteiger partial charge in [0.2, 0.25) is 0 Å². The number of hydrogen-bond acceptors (Lipinski definition) is 11. The van der Waals surface area contributed by atoms with Gasteiger partial charge in [0.15, 0.2) is 11.5 Å². The molecule has 0 aromatic heterocycles. The summed E-state index contributed by atoms with van der Waals surface area (Å²) >= 11 is 0. The molecule has 0 heterocycles. The van der Waals surface area contributed by atoms with E-state index in [0.717, 1.165) is 33.1 Å². The second-order valence-corrected chi connectivity index (χ2v) is 5.46. The van der Waals surface area contributed by atoms with E-state index in [1.807, 2.05) is 0 Å². The Morgan fingerprint density at radius 2 is 1.52 bits per heavy atom. The molecule has 1 rings (SSSR count). The van der Waals surface area contributed by atoms with Crippen molar-refractivity contribution in [2.45, 2.75) is 26.0 Å². The lowest BCUT2D eigenvalue weighted by molar-refractivity contribution is -0.159. The van der Waals surface area contributed by atoms with Crippen LogP contribution < -0.4 is 15.2 Å². The van der Waals surface area contributed by atoms with Crippen LogP contribution in [0.25, 0.3) is 0 Å². The van der Waals surface area contributed by atoms with Crippen molar-refractivity contribution in [3.05, 3.63) is 35.9 Å². The third-order valence-electron chi connectivity index (χ3n) is 3.19. The van der Waals surface area contributed by atoms with Crippen molar-refractivity contribution in [1.29, 1.82) is 0 Å². The summed E-state index contributed by atoms with van der Waals surface area (Å²) in [5.74, 6) is -5.01. The lowest BCUT2D eigenvalue weighted by Crippen LogP contribution is -2.39. The van der Waals surface area contributed by atoms with Crippen LogP contribution in [0.5, 0.6) is 11.5 Å². The number of methoxy groups -OCH3 is 1. The van der Waals surface area contributed by atoms with Gasteiger partial charge in [-0.1, -0.05) is 6.07 Å². The molecule has 0 saturated carbocycles. The minimum Gasteiger partial charge on any atom is -0.466 e. The predicted octanol–water partition coefficient (Wildman–Crippen LogP) is -0.303. The summed E-state index contributed by atoms with van der Waals surface area (Å²) < 4.78 is 18.5. The van der Waals surface area contributed by atoms with E-state index in [4.69, 9.17) is 15.2 Å². The largest absolute Gasteiger partial charge is 0.466 e. The number of nitrogens with two attached hydrogens (primary N) is 1. The Labute approximate surface area is 165 Å². The summed E-state index contributed by atoms with van der Waals surface area (Å²) in [5.41, 5.74) is 5.62. The van der Waals surface area contributed by atoms with Crippen LogP contribution in [0.3, 0.4) is 0 Å². The van der Waals surface area contributed by atoms with Gasteiger partial charge < -0.3 is 29.8 Å². The van der Waals surface area contributed by atoms with Gasteiger partial charge in [0.1, 0.15) is 12.1 Å². The molecule has 0 spiro atoms. The highest BCUT2D eigenvalue weighted by Crippen LogP contribution is 2.31. The number of hydrogen-bond donors (Lipinski definition) is 2. The van der Waals surface area contributed by atoms with Crippen LogP contribution in [0.1, 0.15) is 25.5 Å². The normalized spacial score (nSPS) is 12.6. The van der Waals surface area contributed by atoms with Gasteiger partial charge in [-0.25, -0.2) is 14.4 Å². The Balaban J connectivity index is 2.96. The van der Waals surface area contributed by atoms with Crippen LogP contribution >= 0.6 is 0 Å². The number of benzene rings is 1. The second kappa shape index (κ2) is 10.7. The first-order chi connectivity index (χ1) is 13.5. The van der Waals surface area contributed by atoms with E-state index >= 15 is 0 Å². The Morgan fingerprint density at radius 1 is 0.966 bits per heavy atom. The molecule has 1 aromatic rings. The topological polar surface area (TPSA) is 169 Å². The number of aliphatic hydroxyl groups excluding tert-OH is 1. The average Bonchev–Trinajstić information content (AvgIpc) is 2.65. The van der Waals surface area contributed by atoms with Crippen molar-refractivity contribution < 1.29 is 48.0 Å². The molecular weight excluding hydrogens is 390 g/mol. The quantitative estimate of drug-likeness (QED) is 0.262. The lowest BCUT2D eigenvalue weighted by atomic mass is 10.0. The van der Waals surface area contributed by atoms with E-state index in [9.17, 15) is 29.1 Å². The molecule has 0 bridgehead atoms. The molecule has 0 aliphatic rings. The molecule has 11 heteroatoms. The zero-order valence-corrected chi connectivity index (χ0v) is 15.7. The van der Waals surface area contributed by atoms with Crippen LogP contribution in [-0.2, 0) is 33.4 Å². The summed E-state index contributed by atoms with van der Waals surface area (Å²) in [6.45, 7) is 2.25. The van der Waals surface area contributed by atoms with Gasteiger partial charge in [-0.15, -0.1) is 0 Å². The Kier molecular flexibility index (Phi) is 8.65. The van der Waals surface area contributed by atoms with Gasteiger partial charge in [-0.2, -0.15) is 0 Å². The molecule has 2 atom stereocenters. The molecular formula is C18H19NO10. The number of carbonyl (C=O) groups excluding carboxylic acids is 5. The fourth-order valence-electron chi connectivity index (χ4n) is 1.92. The molecule has 0 radical (unpaired) electrons. The summed E-state index contributed by atoms with van der Waals surface area (Å²) in [6.07, 6.45) is -0.285.